The van der Waals surface area contributed by atoms with Gasteiger partial charge in [0.2, 0.25) is 5.95 Å². The summed E-state index contributed by atoms with van der Waals surface area (Å²) in [5, 5.41) is 0.442. The van der Waals surface area contributed by atoms with Gasteiger partial charge in [-0.2, -0.15) is 4.39 Å². The molecule has 1 fully saturated rings. The maximum Gasteiger partial charge on any atom is 0.218 e. The second-order valence-electron chi connectivity index (χ2n) is 2.36. The first-order chi connectivity index (χ1) is 5.27. The number of ether oxygens (including phenoxy) is 1. The molecule has 1 unspecified atom stereocenters. The number of rotatable bonds is 1. The van der Waals surface area contributed by atoms with Crippen LogP contribution in [0.3, 0.4) is 0 Å². The van der Waals surface area contributed by atoms with Gasteiger partial charge in [-0.3, -0.25) is 0 Å². The molecule has 2 heterocycles. The summed E-state index contributed by atoms with van der Waals surface area (Å²) in [6, 6.07) is 1.54. The Hall–Kier alpha value is -0.670. The molecule has 0 spiro atoms. The third kappa shape index (κ3) is 1.34. The van der Waals surface area contributed by atoms with Gasteiger partial charge in [-0.05, 0) is 6.07 Å². The standard InChI is InChI=1S/C7H5ClFNO/c8-4-1-5(6-3-11-6)7(9)10-2-4/h1-2,6H,3H2. The van der Waals surface area contributed by atoms with E-state index in [1.807, 2.05) is 0 Å². The molecule has 1 atom stereocenters. The quantitative estimate of drug-likeness (QED) is 0.479. The van der Waals surface area contributed by atoms with Gasteiger partial charge >= 0.3 is 0 Å². The van der Waals surface area contributed by atoms with E-state index in [1.165, 1.54) is 6.20 Å². The third-order valence-electron chi connectivity index (χ3n) is 1.51. The van der Waals surface area contributed by atoms with Crippen molar-refractivity contribution in [3.63, 3.8) is 0 Å². The Bertz CT molecular complexity index is 288. The normalized spacial score (nSPS) is 21.8. The maximum absolute atomic E-state index is 12.8. The topological polar surface area (TPSA) is 25.4 Å². The molecular weight excluding hydrogens is 169 g/mol. The smallest absolute Gasteiger partial charge is 0.218 e. The van der Waals surface area contributed by atoms with Gasteiger partial charge < -0.3 is 4.74 Å². The fourth-order valence-corrected chi connectivity index (χ4v) is 1.06. The first-order valence-corrected chi connectivity index (χ1v) is 3.58. The van der Waals surface area contributed by atoms with Gasteiger partial charge in [0.25, 0.3) is 0 Å². The van der Waals surface area contributed by atoms with Crippen molar-refractivity contribution in [3.05, 3.63) is 28.8 Å². The van der Waals surface area contributed by atoms with Gasteiger partial charge in [-0.25, -0.2) is 4.98 Å². The zero-order valence-corrected chi connectivity index (χ0v) is 6.31. The lowest BCUT2D eigenvalue weighted by atomic mass is 10.2. The molecule has 0 N–H and O–H groups in total. The second-order valence-corrected chi connectivity index (χ2v) is 2.79. The highest BCUT2D eigenvalue weighted by Gasteiger charge is 2.28. The molecule has 4 heteroatoms. The van der Waals surface area contributed by atoms with Crippen molar-refractivity contribution < 1.29 is 9.13 Å². The van der Waals surface area contributed by atoms with Gasteiger partial charge in [0.15, 0.2) is 0 Å². The summed E-state index contributed by atoms with van der Waals surface area (Å²) in [6.45, 7) is 0.568. The average Bonchev–Trinajstić information content (AvgIpc) is 2.76. The van der Waals surface area contributed by atoms with Crippen LogP contribution in [0.1, 0.15) is 11.7 Å². The van der Waals surface area contributed by atoms with Crippen molar-refractivity contribution in [2.45, 2.75) is 6.10 Å². The molecule has 1 aromatic heterocycles. The highest BCUT2D eigenvalue weighted by molar-refractivity contribution is 6.30. The summed E-state index contributed by atoms with van der Waals surface area (Å²) < 4.78 is 17.7. The molecule has 1 aliphatic heterocycles. The highest BCUT2D eigenvalue weighted by atomic mass is 35.5. The summed E-state index contributed by atoms with van der Waals surface area (Å²) in [5.74, 6) is -0.489. The lowest BCUT2D eigenvalue weighted by Gasteiger charge is -1.96. The van der Waals surface area contributed by atoms with Crippen LogP contribution >= 0.6 is 11.6 Å². The van der Waals surface area contributed by atoms with E-state index < -0.39 is 5.95 Å². The molecule has 1 aliphatic rings. The largest absolute Gasteiger partial charge is 0.368 e. The summed E-state index contributed by atoms with van der Waals surface area (Å²) in [7, 11) is 0. The number of aromatic nitrogens is 1. The minimum absolute atomic E-state index is 0.124. The lowest BCUT2D eigenvalue weighted by molar-refractivity contribution is 0.404. The molecule has 0 aliphatic carbocycles. The fraction of sp³-hybridized carbons (Fsp3) is 0.286. The van der Waals surface area contributed by atoms with Crippen LogP contribution in [-0.4, -0.2) is 11.6 Å². The average molecular weight is 174 g/mol. The lowest BCUT2D eigenvalue weighted by Crippen LogP contribution is -1.91. The van der Waals surface area contributed by atoms with Gasteiger partial charge in [0.1, 0.15) is 6.10 Å². The van der Waals surface area contributed by atoms with E-state index in [0.717, 1.165) is 0 Å². The second kappa shape index (κ2) is 2.43. The first kappa shape index (κ1) is 7.00. The summed E-state index contributed by atoms with van der Waals surface area (Å²) in [5.41, 5.74) is 0.456. The van der Waals surface area contributed by atoms with Gasteiger partial charge in [0.05, 0.1) is 11.6 Å². The van der Waals surface area contributed by atoms with Crippen LogP contribution in [0.5, 0.6) is 0 Å². The predicted octanol–water partition coefficient (Wildman–Crippen LogP) is 1.95. The molecule has 0 aromatic carbocycles. The summed E-state index contributed by atoms with van der Waals surface area (Å²) in [6.07, 6.45) is 1.16. The summed E-state index contributed by atoms with van der Waals surface area (Å²) >= 11 is 5.60. The van der Waals surface area contributed by atoms with Crippen molar-refractivity contribution in [2.24, 2.45) is 0 Å². The number of hydrogen-bond acceptors (Lipinski definition) is 2. The monoisotopic (exact) mass is 173 g/mol. The van der Waals surface area contributed by atoms with Crippen LogP contribution in [-0.2, 0) is 4.74 Å². The number of hydrogen-bond donors (Lipinski definition) is 0. The number of pyridine rings is 1. The van der Waals surface area contributed by atoms with Crippen LogP contribution < -0.4 is 0 Å². The molecule has 58 valence electrons. The minimum atomic E-state index is -0.489. The minimum Gasteiger partial charge on any atom is -0.368 e. The number of nitrogens with zero attached hydrogens (tertiary/aromatic N) is 1. The summed E-state index contributed by atoms with van der Waals surface area (Å²) in [4.78, 5) is 3.46. The predicted molar refractivity (Wildman–Crippen MR) is 37.9 cm³/mol. The molecule has 0 bridgehead atoms. The van der Waals surface area contributed by atoms with Gasteiger partial charge in [-0.1, -0.05) is 11.6 Å². The van der Waals surface area contributed by atoms with Crippen LogP contribution in [0.25, 0.3) is 0 Å². The van der Waals surface area contributed by atoms with Gasteiger partial charge in [-0.15, -0.1) is 0 Å². The molecule has 1 saturated heterocycles. The molecule has 0 radical (unpaired) electrons. The Balaban J connectivity index is 2.42. The molecule has 2 rings (SSSR count). The van der Waals surface area contributed by atoms with E-state index in [1.54, 1.807) is 6.07 Å². The first-order valence-electron chi connectivity index (χ1n) is 3.20. The molecular formula is C7H5ClFNO. The van der Waals surface area contributed by atoms with E-state index in [0.29, 0.717) is 17.2 Å². The maximum atomic E-state index is 12.8. The molecule has 1 aromatic rings. The third-order valence-corrected chi connectivity index (χ3v) is 1.72. The Morgan fingerprint density at radius 3 is 3.09 bits per heavy atom. The van der Waals surface area contributed by atoms with Crippen molar-refractivity contribution in [2.75, 3.05) is 6.61 Å². The molecule has 0 amide bonds. The van der Waals surface area contributed by atoms with E-state index in [2.05, 4.69) is 4.98 Å². The van der Waals surface area contributed by atoms with E-state index >= 15 is 0 Å². The SMILES string of the molecule is Fc1ncc(Cl)cc1C1CO1. The molecule has 0 saturated carbocycles. The number of halogens is 2. The Morgan fingerprint density at radius 1 is 1.73 bits per heavy atom. The molecule has 11 heavy (non-hydrogen) atoms. The van der Waals surface area contributed by atoms with E-state index in [-0.39, 0.29) is 6.10 Å². The van der Waals surface area contributed by atoms with Crippen LogP contribution in [0.15, 0.2) is 12.3 Å². The van der Waals surface area contributed by atoms with Crippen molar-refractivity contribution in [3.8, 4) is 0 Å². The van der Waals surface area contributed by atoms with Crippen LogP contribution in [0, 0.1) is 5.95 Å². The fourth-order valence-electron chi connectivity index (χ4n) is 0.892. The van der Waals surface area contributed by atoms with Crippen LogP contribution in [0.4, 0.5) is 4.39 Å². The molecule has 2 nitrogen and oxygen atoms in total. The Morgan fingerprint density at radius 2 is 2.45 bits per heavy atom. The Kier molecular flexibility index (Phi) is 1.55. The zero-order chi connectivity index (χ0) is 7.84. The van der Waals surface area contributed by atoms with Crippen LogP contribution in [0.2, 0.25) is 5.02 Å². The van der Waals surface area contributed by atoms with Crippen molar-refractivity contribution in [1.82, 2.24) is 4.98 Å². The van der Waals surface area contributed by atoms with E-state index in [4.69, 9.17) is 16.3 Å². The number of epoxide rings is 1. The zero-order valence-electron chi connectivity index (χ0n) is 5.55. The van der Waals surface area contributed by atoms with Crippen molar-refractivity contribution >= 4 is 11.6 Å². The van der Waals surface area contributed by atoms with E-state index in [9.17, 15) is 4.39 Å². The Labute approximate surface area is 68.0 Å². The van der Waals surface area contributed by atoms with Gasteiger partial charge in [0, 0.05) is 11.8 Å². The van der Waals surface area contributed by atoms with Crippen molar-refractivity contribution in [1.29, 1.82) is 0 Å². The highest BCUT2D eigenvalue weighted by Crippen LogP contribution is 2.31.